The highest BCUT2D eigenvalue weighted by Gasteiger charge is 2.07. The molecule has 1 heterocycles. The number of ether oxygens (including phenoxy) is 1. The Balaban J connectivity index is 2.14. The zero-order valence-corrected chi connectivity index (χ0v) is 11.0. The molecule has 0 spiro atoms. The standard InChI is InChI=1S/C14H18N4O/c1-2-3-9-16-13-12(10-17-14(15)18-13)19-11-7-5-4-6-8-11/h4-8,10H,2-3,9H2,1H3,(H3,15,16,17,18). The van der Waals surface area contributed by atoms with Crippen molar-refractivity contribution in [3.63, 3.8) is 0 Å². The number of nitrogens with zero attached hydrogens (tertiary/aromatic N) is 2. The highest BCUT2D eigenvalue weighted by Crippen LogP contribution is 2.27. The van der Waals surface area contributed by atoms with Crippen LogP contribution in [-0.2, 0) is 0 Å². The largest absolute Gasteiger partial charge is 0.452 e. The fourth-order valence-electron chi connectivity index (χ4n) is 1.58. The third-order valence-corrected chi connectivity index (χ3v) is 2.57. The molecule has 5 heteroatoms. The van der Waals surface area contributed by atoms with Crippen molar-refractivity contribution in [2.45, 2.75) is 19.8 Å². The quantitative estimate of drug-likeness (QED) is 0.779. The predicted molar refractivity (Wildman–Crippen MR) is 76.4 cm³/mol. The summed E-state index contributed by atoms with van der Waals surface area (Å²) in [6.07, 6.45) is 3.76. The van der Waals surface area contributed by atoms with E-state index >= 15 is 0 Å². The molecule has 2 rings (SSSR count). The molecule has 0 unspecified atom stereocenters. The first kappa shape index (κ1) is 13.1. The van der Waals surface area contributed by atoms with Gasteiger partial charge < -0.3 is 15.8 Å². The van der Waals surface area contributed by atoms with Gasteiger partial charge in [0.1, 0.15) is 5.75 Å². The molecule has 2 aromatic rings. The molecule has 0 aliphatic rings. The molecule has 0 fully saturated rings. The number of unbranched alkanes of at least 4 members (excludes halogenated alkanes) is 1. The van der Waals surface area contributed by atoms with E-state index in [-0.39, 0.29) is 5.95 Å². The minimum absolute atomic E-state index is 0.236. The van der Waals surface area contributed by atoms with Crippen LogP contribution in [0.5, 0.6) is 11.5 Å². The van der Waals surface area contributed by atoms with E-state index in [1.807, 2.05) is 30.3 Å². The second-order valence-electron chi connectivity index (χ2n) is 4.14. The molecule has 1 aromatic carbocycles. The highest BCUT2D eigenvalue weighted by atomic mass is 16.5. The smallest absolute Gasteiger partial charge is 0.222 e. The Morgan fingerprint density at radius 3 is 2.79 bits per heavy atom. The number of aromatic nitrogens is 2. The molecule has 0 saturated carbocycles. The third-order valence-electron chi connectivity index (χ3n) is 2.57. The van der Waals surface area contributed by atoms with Gasteiger partial charge in [0.25, 0.3) is 0 Å². The van der Waals surface area contributed by atoms with Gasteiger partial charge in [-0.2, -0.15) is 4.98 Å². The van der Waals surface area contributed by atoms with Crippen LogP contribution >= 0.6 is 0 Å². The summed E-state index contributed by atoms with van der Waals surface area (Å²) >= 11 is 0. The van der Waals surface area contributed by atoms with Crippen molar-refractivity contribution < 1.29 is 4.74 Å². The molecule has 19 heavy (non-hydrogen) atoms. The van der Waals surface area contributed by atoms with Crippen LogP contribution in [0.4, 0.5) is 11.8 Å². The van der Waals surface area contributed by atoms with E-state index in [0.717, 1.165) is 25.1 Å². The van der Waals surface area contributed by atoms with Crippen LogP contribution in [-0.4, -0.2) is 16.5 Å². The first-order chi connectivity index (χ1) is 9.29. The van der Waals surface area contributed by atoms with E-state index < -0.39 is 0 Å². The summed E-state index contributed by atoms with van der Waals surface area (Å²) < 4.78 is 5.75. The van der Waals surface area contributed by atoms with E-state index in [2.05, 4.69) is 22.2 Å². The van der Waals surface area contributed by atoms with Gasteiger partial charge in [-0.15, -0.1) is 0 Å². The van der Waals surface area contributed by atoms with Gasteiger partial charge in [0, 0.05) is 6.54 Å². The number of nitrogen functional groups attached to an aromatic ring is 1. The Morgan fingerprint density at radius 2 is 2.05 bits per heavy atom. The van der Waals surface area contributed by atoms with E-state index in [9.17, 15) is 0 Å². The summed E-state index contributed by atoms with van der Waals surface area (Å²) in [6.45, 7) is 2.97. The second kappa shape index (κ2) is 6.58. The summed E-state index contributed by atoms with van der Waals surface area (Å²) in [5.74, 6) is 2.19. The van der Waals surface area contributed by atoms with E-state index in [1.54, 1.807) is 6.20 Å². The maximum absolute atomic E-state index is 5.75. The lowest BCUT2D eigenvalue weighted by molar-refractivity contribution is 0.479. The Hall–Kier alpha value is -2.30. The zero-order valence-electron chi connectivity index (χ0n) is 11.0. The highest BCUT2D eigenvalue weighted by molar-refractivity contribution is 5.52. The van der Waals surface area contributed by atoms with Crippen LogP contribution in [0, 0.1) is 0 Å². The normalized spacial score (nSPS) is 10.2. The maximum Gasteiger partial charge on any atom is 0.222 e. The molecule has 0 saturated heterocycles. The molecule has 5 nitrogen and oxygen atoms in total. The van der Waals surface area contributed by atoms with E-state index in [0.29, 0.717) is 11.6 Å². The monoisotopic (exact) mass is 258 g/mol. The number of benzene rings is 1. The molecule has 100 valence electrons. The van der Waals surface area contributed by atoms with E-state index in [4.69, 9.17) is 10.5 Å². The molecule has 0 aliphatic carbocycles. The second-order valence-corrected chi connectivity index (χ2v) is 4.14. The van der Waals surface area contributed by atoms with Gasteiger partial charge in [0.2, 0.25) is 5.95 Å². The van der Waals surface area contributed by atoms with Crippen LogP contribution in [0.25, 0.3) is 0 Å². The number of para-hydroxylation sites is 1. The summed E-state index contributed by atoms with van der Waals surface area (Å²) in [4.78, 5) is 8.14. The van der Waals surface area contributed by atoms with Gasteiger partial charge in [-0.3, -0.25) is 0 Å². The van der Waals surface area contributed by atoms with Crippen molar-refractivity contribution in [3.8, 4) is 11.5 Å². The van der Waals surface area contributed by atoms with Crippen molar-refractivity contribution in [3.05, 3.63) is 36.5 Å². The van der Waals surface area contributed by atoms with Crippen molar-refractivity contribution >= 4 is 11.8 Å². The third kappa shape index (κ3) is 3.84. The summed E-state index contributed by atoms with van der Waals surface area (Å²) in [6, 6.07) is 9.53. The van der Waals surface area contributed by atoms with Crippen LogP contribution in [0.3, 0.4) is 0 Å². The Morgan fingerprint density at radius 1 is 1.26 bits per heavy atom. The van der Waals surface area contributed by atoms with Gasteiger partial charge in [0.05, 0.1) is 6.20 Å². The summed E-state index contributed by atoms with van der Waals surface area (Å²) in [7, 11) is 0. The molecule has 1 aromatic heterocycles. The van der Waals surface area contributed by atoms with Gasteiger partial charge in [-0.05, 0) is 18.6 Å². The fraction of sp³-hybridized carbons (Fsp3) is 0.286. The van der Waals surface area contributed by atoms with Gasteiger partial charge in [-0.1, -0.05) is 31.5 Å². The first-order valence-corrected chi connectivity index (χ1v) is 6.39. The van der Waals surface area contributed by atoms with Gasteiger partial charge in [0.15, 0.2) is 11.6 Å². The Labute approximate surface area is 112 Å². The molecular formula is C14H18N4O. The minimum atomic E-state index is 0.236. The lowest BCUT2D eigenvalue weighted by atomic mass is 10.3. The molecule has 0 radical (unpaired) electrons. The number of hydrogen-bond acceptors (Lipinski definition) is 5. The average molecular weight is 258 g/mol. The molecule has 3 N–H and O–H groups in total. The first-order valence-electron chi connectivity index (χ1n) is 6.39. The number of nitrogens with two attached hydrogens (primary N) is 1. The minimum Gasteiger partial charge on any atom is -0.452 e. The van der Waals surface area contributed by atoms with Crippen molar-refractivity contribution in [2.75, 3.05) is 17.6 Å². The molecule has 0 bridgehead atoms. The molecule has 0 atom stereocenters. The predicted octanol–water partition coefficient (Wildman–Crippen LogP) is 3.06. The topological polar surface area (TPSA) is 73.1 Å². The van der Waals surface area contributed by atoms with Gasteiger partial charge in [-0.25, -0.2) is 4.98 Å². The Bertz CT molecular complexity index is 516. The van der Waals surface area contributed by atoms with Gasteiger partial charge >= 0.3 is 0 Å². The fourth-order valence-corrected chi connectivity index (χ4v) is 1.58. The number of rotatable bonds is 6. The number of anilines is 2. The lowest BCUT2D eigenvalue weighted by Gasteiger charge is -2.11. The van der Waals surface area contributed by atoms with Crippen molar-refractivity contribution in [1.29, 1.82) is 0 Å². The molecular weight excluding hydrogens is 240 g/mol. The Kier molecular flexibility index (Phi) is 4.55. The summed E-state index contributed by atoms with van der Waals surface area (Å²) in [5.41, 5.74) is 5.61. The summed E-state index contributed by atoms with van der Waals surface area (Å²) in [5, 5.41) is 3.22. The number of hydrogen-bond donors (Lipinski definition) is 2. The van der Waals surface area contributed by atoms with Crippen LogP contribution in [0.1, 0.15) is 19.8 Å². The average Bonchev–Trinajstić information content (AvgIpc) is 2.43. The number of nitrogens with one attached hydrogen (secondary N) is 1. The maximum atomic E-state index is 5.75. The van der Waals surface area contributed by atoms with Crippen molar-refractivity contribution in [1.82, 2.24) is 9.97 Å². The van der Waals surface area contributed by atoms with E-state index in [1.165, 1.54) is 0 Å². The van der Waals surface area contributed by atoms with Crippen LogP contribution in [0.15, 0.2) is 36.5 Å². The van der Waals surface area contributed by atoms with Crippen LogP contribution < -0.4 is 15.8 Å². The zero-order chi connectivity index (χ0) is 13.5. The molecule has 0 aliphatic heterocycles. The van der Waals surface area contributed by atoms with Crippen LogP contribution in [0.2, 0.25) is 0 Å². The molecule has 0 amide bonds. The lowest BCUT2D eigenvalue weighted by Crippen LogP contribution is -2.07. The van der Waals surface area contributed by atoms with Crippen molar-refractivity contribution in [2.24, 2.45) is 0 Å². The SMILES string of the molecule is CCCCNc1nc(N)ncc1Oc1ccccc1.